The molecule has 0 aromatic heterocycles. The zero-order valence-corrected chi connectivity index (χ0v) is 14.3. The van der Waals surface area contributed by atoms with Crippen LogP contribution in [0.15, 0.2) is 48.5 Å². The Hall–Kier alpha value is -2.60. The number of amides is 2. The molecule has 0 bridgehead atoms. The van der Waals surface area contributed by atoms with E-state index in [2.05, 4.69) is 10.6 Å². The van der Waals surface area contributed by atoms with Gasteiger partial charge in [0.1, 0.15) is 19.0 Å². The number of fused-ring (bicyclic) bond motifs is 1. The topological polar surface area (TPSA) is 68.8 Å². The largest absolute Gasteiger partial charge is 0.492 e. The molecular formula is C18H19ClN2O4. The molecule has 2 amide bonds. The number of halogens is 1. The van der Waals surface area contributed by atoms with Crippen molar-refractivity contribution in [3.8, 4) is 17.2 Å². The van der Waals surface area contributed by atoms with Crippen LogP contribution in [0.5, 0.6) is 17.2 Å². The molecule has 0 aliphatic carbocycles. The van der Waals surface area contributed by atoms with E-state index in [-0.39, 0.29) is 12.1 Å². The number of urea groups is 1. The smallest absolute Gasteiger partial charge is 0.315 e. The van der Waals surface area contributed by atoms with Gasteiger partial charge in [0.15, 0.2) is 17.6 Å². The van der Waals surface area contributed by atoms with Crippen LogP contribution in [-0.4, -0.2) is 38.4 Å². The van der Waals surface area contributed by atoms with Gasteiger partial charge in [0.2, 0.25) is 0 Å². The number of nitrogens with one attached hydrogen (secondary N) is 2. The summed E-state index contributed by atoms with van der Waals surface area (Å²) in [6.45, 7) is 1.51. The van der Waals surface area contributed by atoms with E-state index < -0.39 is 0 Å². The molecular weight excluding hydrogens is 344 g/mol. The molecule has 6 nitrogen and oxygen atoms in total. The Bertz CT molecular complexity index is 708. The molecule has 0 spiro atoms. The van der Waals surface area contributed by atoms with Crippen molar-refractivity contribution < 1.29 is 19.0 Å². The van der Waals surface area contributed by atoms with Crippen LogP contribution in [-0.2, 0) is 0 Å². The maximum Gasteiger partial charge on any atom is 0.315 e. The van der Waals surface area contributed by atoms with Gasteiger partial charge in [0.05, 0.1) is 13.1 Å². The number of ether oxygens (including phenoxy) is 3. The first kappa shape index (κ1) is 17.2. The van der Waals surface area contributed by atoms with Crippen LogP contribution in [0.25, 0.3) is 0 Å². The summed E-state index contributed by atoms with van der Waals surface area (Å²) < 4.78 is 16.9. The van der Waals surface area contributed by atoms with Crippen LogP contribution < -0.4 is 24.8 Å². The Morgan fingerprint density at radius 2 is 1.88 bits per heavy atom. The average molecular weight is 363 g/mol. The molecule has 2 aromatic rings. The van der Waals surface area contributed by atoms with E-state index in [1.807, 2.05) is 24.3 Å². The van der Waals surface area contributed by atoms with E-state index >= 15 is 0 Å². The van der Waals surface area contributed by atoms with Crippen molar-refractivity contribution in [2.45, 2.75) is 6.10 Å². The lowest BCUT2D eigenvalue weighted by Crippen LogP contribution is -2.45. The van der Waals surface area contributed by atoms with Crippen LogP contribution in [0.1, 0.15) is 0 Å². The van der Waals surface area contributed by atoms with Gasteiger partial charge in [-0.15, -0.1) is 0 Å². The first-order valence-corrected chi connectivity index (χ1v) is 8.37. The molecule has 0 saturated carbocycles. The van der Waals surface area contributed by atoms with Crippen molar-refractivity contribution in [3.05, 3.63) is 53.6 Å². The maximum atomic E-state index is 11.8. The predicted molar refractivity (Wildman–Crippen MR) is 94.7 cm³/mol. The van der Waals surface area contributed by atoms with Crippen molar-refractivity contribution in [2.75, 3.05) is 26.3 Å². The molecule has 132 valence electrons. The van der Waals surface area contributed by atoms with Crippen molar-refractivity contribution in [1.29, 1.82) is 0 Å². The van der Waals surface area contributed by atoms with Gasteiger partial charge in [-0.1, -0.05) is 23.7 Å². The number of carbonyl (C=O) groups is 1. The fourth-order valence-electron chi connectivity index (χ4n) is 2.30. The summed E-state index contributed by atoms with van der Waals surface area (Å²) in [5.41, 5.74) is 0. The Balaban J connectivity index is 1.31. The quantitative estimate of drug-likeness (QED) is 0.775. The van der Waals surface area contributed by atoms with Crippen LogP contribution in [0.3, 0.4) is 0 Å². The van der Waals surface area contributed by atoms with E-state index in [0.717, 1.165) is 5.75 Å². The van der Waals surface area contributed by atoms with Gasteiger partial charge in [-0.25, -0.2) is 4.79 Å². The molecule has 25 heavy (non-hydrogen) atoms. The molecule has 2 aromatic carbocycles. The van der Waals surface area contributed by atoms with Crippen molar-refractivity contribution in [1.82, 2.24) is 10.6 Å². The third-order valence-corrected chi connectivity index (χ3v) is 3.78. The molecule has 0 saturated heterocycles. The number of carbonyl (C=O) groups excluding carboxylic acids is 1. The minimum Gasteiger partial charge on any atom is -0.492 e. The van der Waals surface area contributed by atoms with Gasteiger partial charge in [0, 0.05) is 5.02 Å². The van der Waals surface area contributed by atoms with Crippen LogP contribution in [0.2, 0.25) is 5.02 Å². The highest BCUT2D eigenvalue weighted by molar-refractivity contribution is 6.30. The summed E-state index contributed by atoms with van der Waals surface area (Å²) in [4.78, 5) is 11.8. The van der Waals surface area contributed by atoms with Gasteiger partial charge in [-0.2, -0.15) is 0 Å². The van der Waals surface area contributed by atoms with E-state index in [1.54, 1.807) is 24.3 Å². The number of hydrogen-bond donors (Lipinski definition) is 2. The lowest BCUT2D eigenvalue weighted by atomic mass is 10.2. The predicted octanol–water partition coefficient (Wildman–Crippen LogP) is 2.86. The molecule has 0 fully saturated rings. The summed E-state index contributed by atoms with van der Waals surface area (Å²) in [6.07, 6.45) is -0.217. The minimum atomic E-state index is -0.276. The van der Waals surface area contributed by atoms with Gasteiger partial charge in [-0.05, 0) is 36.4 Å². The highest BCUT2D eigenvalue weighted by Gasteiger charge is 2.20. The fourth-order valence-corrected chi connectivity index (χ4v) is 2.42. The third-order valence-electron chi connectivity index (χ3n) is 3.53. The van der Waals surface area contributed by atoms with E-state index in [0.29, 0.717) is 42.8 Å². The van der Waals surface area contributed by atoms with E-state index in [1.165, 1.54) is 0 Å². The van der Waals surface area contributed by atoms with E-state index in [4.69, 9.17) is 25.8 Å². The number of benzene rings is 2. The summed E-state index contributed by atoms with van der Waals surface area (Å²) in [6, 6.07) is 14.2. The second kappa shape index (κ2) is 8.48. The Labute approximate surface area is 151 Å². The zero-order valence-electron chi connectivity index (χ0n) is 13.5. The monoisotopic (exact) mass is 362 g/mol. The van der Waals surface area contributed by atoms with E-state index in [9.17, 15) is 4.79 Å². The number of para-hydroxylation sites is 2. The number of hydrogen-bond acceptors (Lipinski definition) is 4. The second-order valence-electron chi connectivity index (χ2n) is 5.44. The fraction of sp³-hybridized carbons (Fsp3) is 0.278. The van der Waals surface area contributed by atoms with Gasteiger partial charge >= 0.3 is 6.03 Å². The lowest BCUT2D eigenvalue weighted by molar-refractivity contribution is 0.0918. The molecule has 1 heterocycles. The molecule has 3 rings (SSSR count). The van der Waals surface area contributed by atoms with Crippen molar-refractivity contribution >= 4 is 17.6 Å². The highest BCUT2D eigenvalue weighted by atomic mass is 35.5. The Morgan fingerprint density at radius 3 is 2.68 bits per heavy atom. The Morgan fingerprint density at radius 1 is 1.12 bits per heavy atom. The average Bonchev–Trinajstić information content (AvgIpc) is 2.65. The summed E-state index contributed by atoms with van der Waals surface area (Å²) in [5.74, 6) is 2.12. The number of rotatable bonds is 6. The molecule has 0 unspecified atom stereocenters. The molecule has 1 atom stereocenters. The maximum absolute atomic E-state index is 11.8. The van der Waals surface area contributed by atoms with Gasteiger partial charge in [-0.3, -0.25) is 0 Å². The van der Waals surface area contributed by atoms with Crippen LogP contribution in [0.4, 0.5) is 4.79 Å². The summed E-state index contributed by atoms with van der Waals surface area (Å²) in [7, 11) is 0. The standard InChI is InChI=1S/C18H19ClN2O4/c19-13-5-7-14(8-6-13)23-10-9-20-18(22)21-11-15-12-24-16-3-1-2-4-17(16)25-15/h1-8,15H,9-12H2,(H2,20,21,22)/t15-/m0/s1. The van der Waals surface area contributed by atoms with Gasteiger partial charge in [0.25, 0.3) is 0 Å². The molecule has 0 radical (unpaired) electrons. The van der Waals surface area contributed by atoms with Crippen molar-refractivity contribution in [3.63, 3.8) is 0 Å². The molecule has 7 heteroatoms. The zero-order chi connectivity index (χ0) is 17.5. The van der Waals surface area contributed by atoms with Crippen LogP contribution >= 0.6 is 11.6 Å². The summed E-state index contributed by atoms with van der Waals surface area (Å²) >= 11 is 5.80. The first-order chi connectivity index (χ1) is 12.2. The Kier molecular flexibility index (Phi) is 5.85. The molecule has 2 N–H and O–H groups in total. The van der Waals surface area contributed by atoms with Gasteiger partial charge < -0.3 is 24.8 Å². The molecule has 1 aliphatic rings. The highest BCUT2D eigenvalue weighted by Crippen LogP contribution is 2.30. The second-order valence-corrected chi connectivity index (χ2v) is 5.87. The van der Waals surface area contributed by atoms with Crippen LogP contribution in [0, 0.1) is 0 Å². The normalized spacial score (nSPS) is 15.3. The molecule has 1 aliphatic heterocycles. The lowest BCUT2D eigenvalue weighted by Gasteiger charge is -2.26. The minimum absolute atomic E-state index is 0.217. The van der Waals surface area contributed by atoms with Crippen molar-refractivity contribution in [2.24, 2.45) is 0 Å². The summed E-state index contributed by atoms with van der Waals surface area (Å²) in [5, 5.41) is 6.14. The first-order valence-electron chi connectivity index (χ1n) is 7.99. The SMILES string of the molecule is O=C(NCCOc1ccc(Cl)cc1)NC[C@H]1COc2ccccc2O1. The third kappa shape index (κ3) is 5.19.